The Morgan fingerprint density at radius 2 is 1.74 bits per heavy atom. The maximum atomic E-state index is 12.7. The van der Waals surface area contributed by atoms with Crippen molar-refractivity contribution in [3.05, 3.63) is 0 Å². The largest absolute Gasteiger partial charge is 0.393 e. The lowest BCUT2D eigenvalue weighted by molar-refractivity contribution is 0.0715. The molecule has 4 nitrogen and oxygen atoms in total. The van der Waals surface area contributed by atoms with Gasteiger partial charge in [0.25, 0.3) is 0 Å². The third-order valence-corrected chi connectivity index (χ3v) is 7.23. The highest BCUT2D eigenvalue weighted by Gasteiger charge is 2.45. The molecular weight excluding hydrogens is 262 g/mol. The molecule has 0 aromatic heterocycles. The normalized spacial score (nSPS) is 34.6. The zero-order valence-corrected chi connectivity index (χ0v) is 13.1. The topological polar surface area (TPSA) is 57.6 Å². The molecule has 0 aromatic rings. The van der Waals surface area contributed by atoms with Gasteiger partial charge in [0.1, 0.15) is 0 Å². The number of hydrogen-bond donors (Lipinski definition) is 1. The highest BCUT2D eigenvalue weighted by molar-refractivity contribution is 7.90. The van der Waals surface area contributed by atoms with Crippen molar-refractivity contribution in [1.29, 1.82) is 0 Å². The first-order valence-electron chi connectivity index (χ1n) is 7.44. The zero-order valence-electron chi connectivity index (χ0n) is 12.3. The fraction of sp³-hybridized carbons (Fsp3) is 1.00. The summed E-state index contributed by atoms with van der Waals surface area (Å²) in [6.07, 6.45) is 5.40. The molecule has 1 aliphatic carbocycles. The third kappa shape index (κ3) is 2.83. The van der Waals surface area contributed by atoms with Gasteiger partial charge in [-0.15, -0.1) is 0 Å². The molecule has 3 atom stereocenters. The Labute approximate surface area is 117 Å². The first kappa shape index (κ1) is 15.3. The molecule has 3 unspecified atom stereocenters. The van der Waals surface area contributed by atoms with Gasteiger partial charge in [-0.05, 0) is 46.5 Å². The van der Waals surface area contributed by atoms with E-state index in [1.54, 1.807) is 25.1 Å². The van der Waals surface area contributed by atoms with Gasteiger partial charge >= 0.3 is 0 Å². The Morgan fingerprint density at radius 1 is 1.05 bits per heavy atom. The number of rotatable bonds is 2. The van der Waals surface area contributed by atoms with E-state index in [2.05, 4.69) is 0 Å². The number of nitrogens with zero attached hydrogens (tertiary/aromatic N) is 1. The van der Waals surface area contributed by atoms with Gasteiger partial charge in [-0.1, -0.05) is 12.8 Å². The Balaban J connectivity index is 2.26. The minimum atomic E-state index is -3.29. The number of sulfonamides is 1. The summed E-state index contributed by atoms with van der Waals surface area (Å²) in [7, 11) is -3.29. The highest BCUT2D eigenvalue weighted by Crippen LogP contribution is 2.38. The lowest BCUT2D eigenvalue weighted by Crippen LogP contribution is -2.53. The summed E-state index contributed by atoms with van der Waals surface area (Å²) in [5, 5.41) is 10.1. The van der Waals surface area contributed by atoms with Crippen LogP contribution >= 0.6 is 0 Å². The fourth-order valence-electron chi connectivity index (χ4n) is 3.43. The van der Waals surface area contributed by atoms with Crippen LogP contribution in [0.15, 0.2) is 0 Å². The Morgan fingerprint density at radius 3 is 2.26 bits per heavy atom. The molecule has 112 valence electrons. The molecule has 1 saturated heterocycles. The molecule has 19 heavy (non-hydrogen) atoms. The van der Waals surface area contributed by atoms with Gasteiger partial charge < -0.3 is 5.11 Å². The van der Waals surface area contributed by atoms with E-state index in [1.165, 1.54) is 0 Å². The van der Waals surface area contributed by atoms with E-state index in [9.17, 15) is 13.5 Å². The number of piperidine rings is 1. The van der Waals surface area contributed by atoms with E-state index in [-0.39, 0.29) is 18.1 Å². The summed E-state index contributed by atoms with van der Waals surface area (Å²) in [5.74, 6) is 0.137. The second kappa shape index (κ2) is 5.34. The van der Waals surface area contributed by atoms with Crippen LogP contribution in [0.1, 0.15) is 59.3 Å². The van der Waals surface area contributed by atoms with Crippen LogP contribution in [-0.4, -0.2) is 41.3 Å². The predicted octanol–water partition coefficient (Wildman–Crippen LogP) is 2.13. The van der Waals surface area contributed by atoms with E-state index in [4.69, 9.17) is 0 Å². The third-order valence-electron chi connectivity index (χ3n) is 4.61. The molecule has 1 aliphatic heterocycles. The van der Waals surface area contributed by atoms with Crippen molar-refractivity contribution in [2.75, 3.05) is 6.54 Å². The quantitative estimate of drug-likeness (QED) is 0.847. The number of aliphatic hydroxyl groups excluding tert-OH is 1. The van der Waals surface area contributed by atoms with Crippen LogP contribution in [0.3, 0.4) is 0 Å². The molecule has 0 amide bonds. The molecule has 5 heteroatoms. The molecule has 0 bridgehead atoms. The van der Waals surface area contributed by atoms with Gasteiger partial charge in [-0.2, -0.15) is 4.31 Å². The zero-order chi connectivity index (χ0) is 14.3. The summed E-state index contributed by atoms with van der Waals surface area (Å²) in [5.41, 5.74) is 0. The standard InChI is InChI=1S/C14H27NO3S/c1-14(2,3)19(17,18)15-10-5-4-8-12(15)11-7-6-9-13(11)16/h11-13,16H,4-10H2,1-3H3. The van der Waals surface area contributed by atoms with Crippen molar-refractivity contribution in [1.82, 2.24) is 4.31 Å². The molecule has 2 aliphatic rings. The van der Waals surface area contributed by atoms with Crippen LogP contribution in [-0.2, 0) is 10.0 Å². The van der Waals surface area contributed by atoms with E-state index in [0.29, 0.717) is 6.54 Å². The van der Waals surface area contributed by atoms with E-state index >= 15 is 0 Å². The van der Waals surface area contributed by atoms with Crippen LogP contribution in [0.2, 0.25) is 0 Å². The molecule has 2 fully saturated rings. The first-order valence-corrected chi connectivity index (χ1v) is 8.88. The van der Waals surface area contributed by atoms with E-state index < -0.39 is 14.8 Å². The minimum Gasteiger partial charge on any atom is -0.393 e. The van der Waals surface area contributed by atoms with Gasteiger partial charge in [0.2, 0.25) is 10.0 Å². The van der Waals surface area contributed by atoms with Crippen molar-refractivity contribution >= 4 is 10.0 Å². The van der Waals surface area contributed by atoms with Crippen molar-refractivity contribution in [2.24, 2.45) is 5.92 Å². The van der Waals surface area contributed by atoms with E-state index in [0.717, 1.165) is 38.5 Å². The number of aliphatic hydroxyl groups is 1. The molecular formula is C14H27NO3S. The Bertz CT molecular complexity index is 413. The van der Waals surface area contributed by atoms with Crippen LogP contribution in [0, 0.1) is 5.92 Å². The Kier molecular flexibility index (Phi) is 4.29. The van der Waals surface area contributed by atoms with Crippen molar-refractivity contribution in [3.8, 4) is 0 Å². The van der Waals surface area contributed by atoms with E-state index in [1.807, 2.05) is 0 Å². The molecule has 1 saturated carbocycles. The monoisotopic (exact) mass is 289 g/mol. The molecule has 2 rings (SSSR count). The average Bonchev–Trinajstić information content (AvgIpc) is 2.74. The van der Waals surface area contributed by atoms with Gasteiger partial charge in [-0.25, -0.2) is 8.42 Å². The maximum absolute atomic E-state index is 12.7. The molecule has 1 heterocycles. The highest BCUT2D eigenvalue weighted by atomic mass is 32.2. The fourth-order valence-corrected chi connectivity index (χ4v) is 5.12. The molecule has 0 radical (unpaired) electrons. The Hall–Kier alpha value is -0.130. The second-order valence-electron chi connectivity index (χ2n) is 6.95. The van der Waals surface area contributed by atoms with Crippen LogP contribution in [0.4, 0.5) is 0 Å². The molecule has 0 spiro atoms. The number of hydrogen-bond acceptors (Lipinski definition) is 3. The van der Waals surface area contributed by atoms with Gasteiger partial charge in [-0.3, -0.25) is 0 Å². The molecule has 0 aromatic carbocycles. The second-order valence-corrected chi connectivity index (χ2v) is 9.60. The SMILES string of the molecule is CC(C)(C)S(=O)(=O)N1CCCCC1C1CCCC1O. The summed E-state index contributed by atoms with van der Waals surface area (Å²) in [6.45, 7) is 5.91. The lowest BCUT2D eigenvalue weighted by atomic mass is 9.89. The van der Waals surface area contributed by atoms with Crippen LogP contribution < -0.4 is 0 Å². The van der Waals surface area contributed by atoms with Crippen LogP contribution in [0.5, 0.6) is 0 Å². The van der Waals surface area contributed by atoms with Gasteiger partial charge in [0.05, 0.1) is 10.9 Å². The average molecular weight is 289 g/mol. The molecule has 1 N–H and O–H groups in total. The predicted molar refractivity (Wildman–Crippen MR) is 76.4 cm³/mol. The smallest absolute Gasteiger partial charge is 0.219 e. The first-order chi connectivity index (χ1) is 8.75. The summed E-state index contributed by atoms with van der Waals surface area (Å²) >= 11 is 0. The lowest BCUT2D eigenvalue weighted by Gasteiger charge is -2.42. The van der Waals surface area contributed by atoms with Crippen molar-refractivity contribution in [2.45, 2.75) is 76.2 Å². The summed E-state index contributed by atoms with van der Waals surface area (Å²) < 4.78 is 26.4. The summed E-state index contributed by atoms with van der Waals surface area (Å²) in [4.78, 5) is 0. The van der Waals surface area contributed by atoms with Crippen molar-refractivity contribution < 1.29 is 13.5 Å². The minimum absolute atomic E-state index is 0.00970. The maximum Gasteiger partial charge on any atom is 0.219 e. The summed E-state index contributed by atoms with van der Waals surface area (Å²) in [6, 6.07) is 0.00970. The van der Waals surface area contributed by atoms with Crippen molar-refractivity contribution in [3.63, 3.8) is 0 Å². The van der Waals surface area contributed by atoms with Gasteiger partial charge in [0.15, 0.2) is 0 Å². The van der Waals surface area contributed by atoms with Gasteiger partial charge in [0, 0.05) is 18.5 Å². The van der Waals surface area contributed by atoms with Crippen LogP contribution in [0.25, 0.3) is 0 Å².